The summed E-state index contributed by atoms with van der Waals surface area (Å²) in [7, 11) is 0. The summed E-state index contributed by atoms with van der Waals surface area (Å²) in [6, 6.07) is 11.0. The number of thioether (sulfide) groups is 1. The van der Waals surface area contributed by atoms with Crippen molar-refractivity contribution in [2.24, 2.45) is 0 Å². The molecule has 0 saturated carbocycles. The second-order valence-electron chi connectivity index (χ2n) is 4.16. The number of nitrogens with zero attached hydrogens (tertiary/aromatic N) is 1. The molecule has 0 bridgehead atoms. The van der Waals surface area contributed by atoms with Crippen LogP contribution in [-0.4, -0.2) is 16.6 Å². The van der Waals surface area contributed by atoms with Crippen LogP contribution < -0.4 is 5.32 Å². The summed E-state index contributed by atoms with van der Waals surface area (Å²) in [5.41, 5.74) is 0.669. The zero-order valence-electron chi connectivity index (χ0n) is 11.1. The van der Waals surface area contributed by atoms with Crippen LogP contribution in [0.4, 0.5) is 5.82 Å². The molecule has 2 aromatic rings. The fraction of sp³-hybridized carbons (Fsp3) is 0.200. The fourth-order valence-corrected chi connectivity index (χ4v) is 2.65. The minimum Gasteiger partial charge on any atom is -0.307 e. The number of carbonyl (C=O) groups is 1. The van der Waals surface area contributed by atoms with Crippen LogP contribution in [0.25, 0.3) is 0 Å². The Morgan fingerprint density at radius 1 is 1.30 bits per heavy atom. The van der Waals surface area contributed by atoms with Crippen LogP contribution in [0, 0.1) is 0 Å². The monoisotopic (exact) mass is 306 g/mol. The SMILES string of the molecule is CCCSc1ccccc1C(=O)Nc1ccc(Cl)cn1. The van der Waals surface area contributed by atoms with E-state index in [2.05, 4.69) is 17.2 Å². The van der Waals surface area contributed by atoms with Gasteiger partial charge in [0.25, 0.3) is 5.91 Å². The molecule has 0 unspecified atom stereocenters. The van der Waals surface area contributed by atoms with E-state index in [-0.39, 0.29) is 5.91 Å². The van der Waals surface area contributed by atoms with E-state index in [4.69, 9.17) is 11.6 Å². The first-order valence-electron chi connectivity index (χ1n) is 6.35. The van der Waals surface area contributed by atoms with Crippen LogP contribution >= 0.6 is 23.4 Å². The highest BCUT2D eigenvalue weighted by molar-refractivity contribution is 7.99. The van der Waals surface area contributed by atoms with Crippen molar-refractivity contribution in [3.63, 3.8) is 0 Å². The second kappa shape index (κ2) is 7.31. The molecule has 0 aliphatic rings. The lowest BCUT2D eigenvalue weighted by Gasteiger charge is -2.09. The van der Waals surface area contributed by atoms with Gasteiger partial charge in [-0.25, -0.2) is 4.98 Å². The summed E-state index contributed by atoms with van der Waals surface area (Å²) in [4.78, 5) is 17.3. The average molecular weight is 307 g/mol. The summed E-state index contributed by atoms with van der Waals surface area (Å²) >= 11 is 7.46. The molecule has 1 N–H and O–H groups in total. The van der Waals surface area contributed by atoms with E-state index in [1.54, 1.807) is 23.9 Å². The predicted octanol–water partition coefficient (Wildman–Crippen LogP) is 4.49. The van der Waals surface area contributed by atoms with Crippen LogP contribution in [0.15, 0.2) is 47.5 Å². The van der Waals surface area contributed by atoms with Gasteiger partial charge in [-0.1, -0.05) is 30.7 Å². The third-order valence-electron chi connectivity index (χ3n) is 2.56. The number of anilines is 1. The summed E-state index contributed by atoms with van der Waals surface area (Å²) in [5, 5.41) is 3.32. The molecule has 1 aromatic carbocycles. The molecule has 0 atom stereocenters. The third kappa shape index (κ3) is 3.99. The first-order valence-corrected chi connectivity index (χ1v) is 7.72. The maximum Gasteiger partial charge on any atom is 0.257 e. The Morgan fingerprint density at radius 3 is 2.80 bits per heavy atom. The number of nitrogens with one attached hydrogen (secondary N) is 1. The van der Waals surface area contributed by atoms with Crippen LogP contribution in [0.2, 0.25) is 5.02 Å². The number of rotatable bonds is 5. The highest BCUT2D eigenvalue weighted by Gasteiger charge is 2.11. The van der Waals surface area contributed by atoms with Gasteiger partial charge >= 0.3 is 0 Å². The van der Waals surface area contributed by atoms with Crippen molar-refractivity contribution in [3.8, 4) is 0 Å². The zero-order chi connectivity index (χ0) is 14.4. The third-order valence-corrected chi connectivity index (χ3v) is 4.07. The van der Waals surface area contributed by atoms with Gasteiger partial charge in [-0.3, -0.25) is 4.79 Å². The van der Waals surface area contributed by atoms with E-state index >= 15 is 0 Å². The molecular formula is C15H15ClN2OS. The molecule has 0 aliphatic heterocycles. The first kappa shape index (κ1) is 14.9. The van der Waals surface area contributed by atoms with Crippen molar-refractivity contribution >= 4 is 35.1 Å². The highest BCUT2D eigenvalue weighted by atomic mass is 35.5. The van der Waals surface area contributed by atoms with E-state index in [9.17, 15) is 4.79 Å². The quantitative estimate of drug-likeness (QED) is 0.828. The summed E-state index contributed by atoms with van der Waals surface area (Å²) in [5.74, 6) is 1.33. The number of hydrogen-bond acceptors (Lipinski definition) is 3. The topological polar surface area (TPSA) is 42.0 Å². The average Bonchev–Trinajstić information content (AvgIpc) is 2.47. The van der Waals surface area contributed by atoms with Crippen molar-refractivity contribution in [2.75, 3.05) is 11.1 Å². The van der Waals surface area contributed by atoms with E-state index in [0.29, 0.717) is 16.4 Å². The normalized spacial score (nSPS) is 10.3. The molecule has 0 aliphatic carbocycles. The number of halogens is 1. The van der Waals surface area contributed by atoms with Gasteiger partial charge in [-0.05, 0) is 36.4 Å². The van der Waals surface area contributed by atoms with Gasteiger partial charge in [0.05, 0.1) is 10.6 Å². The van der Waals surface area contributed by atoms with E-state index in [0.717, 1.165) is 17.1 Å². The van der Waals surface area contributed by atoms with Crippen molar-refractivity contribution < 1.29 is 4.79 Å². The number of pyridine rings is 1. The number of benzene rings is 1. The van der Waals surface area contributed by atoms with Gasteiger partial charge in [0.15, 0.2) is 0 Å². The largest absolute Gasteiger partial charge is 0.307 e. The predicted molar refractivity (Wildman–Crippen MR) is 84.7 cm³/mol. The highest BCUT2D eigenvalue weighted by Crippen LogP contribution is 2.24. The Morgan fingerprint density at radius 2 is 2.10 bits per heavy atom. The van der Waals surface area contributed by atoms with Gasteiger partial charge in [0, 0.05) is 11.1 Å². The van der Waals surface area contributed by atoms with E-state index < -0.39 is 0 Å². The molecule has 1 aromatic heterocycles. The molecule has 2 rings (SSSR count). The number of aromatic nitrogens is 1. The zero-order valence-corrected chi connectivity index (χ0v) is 12.7. The molecule has 3 nitrogen and oxygen atoms in total. The Bertz CT molecular complexity index is 587. The van der Waals surface area contributed by atoms with Gasteiger partial charge in [0.2, 0.25) is 0 Å². The lowest BCUT2D eigenvalue weighted by molar-refractivity contribution is 0.102. The van der Waals surface area contributed by atoms with Crippen LogP contribution in [0.1, 0.15) is 23.7 Å². The minimum atomic E-state index is -0.154. The fourth-order valence-electron chi connectivity index (χ4n) is 1.63. The summed E-state index contributed by atoms with van der Waals surface area (Å²) < 4.78 is 0. The maximum absolute atomic E-state index is 12.3. The van der Waals surface area contributed by atoms with Crippen LogP contribution in [0.5, 0.6) is 0 Å². The summed E-state index contributed by atoms with van der Waals surface area (Å²) in [6.45, 7) is 2.12. The molecule has 0 radical (unpaired) electrons. The van der Waals surface area contributed by atoms with E-state index in [1.165, 1.54) is 6.20 Å². The molecule has 0 fully saturated rings. The standard InChI is InChI=1S/C15H15ClN2OS/c1-2-9-20-13-6-4-3-5-12(13)15(19)18-14-8-7-11(16)10-17-14/h3-8,10H,2,9H2,1H3,(H,17,18,19). The van der Waals surface area contributed by atoms with Crippen LogP contribution in [0.3, 0.4) is 0 Å². The van der Waals surface area contributed by atoms with Crippen molar-refractivity contribution in [2.45, 2.75) is 18.2 Å². The van der Waals surface area contributed by atoms with Gasteiger partial charge in [-0.2, -0.15) is 0 Å². The van der Waals surface area contributed by atoms with Gasteiger partial charge in [-0.15, -0.1) is 11.8 Å². The lowest BCUT2D eigenvalue weighted by Crippen LogP contribution is -2.13. The molecule has 5 heteroatoms. The van der Waals surface area contributed by atoms with Crippen molar-refractivity contribution in [1.29, 1.82) is 0 Å². The van der Waals surface area contributed by atoms with Crippen molar-refractivity contribution in [1.82, 2.24) is 4.98 Å². The number of carbonyl (C=O) groups excluding carboxylic acids is 1. The Labute approximate surface area is 127 Å². The second-order valence-corrected chi connectivity index (χ2v) is 5.73. The summed E-state index contributed by atoms with van der Waals surface area (Å²) in [6.07, 6.45) is 2.58. The Balaban J connectivity index is 2.14. The number of amides is 1. The maximum atomic E-state index is 12.3. The lowest BCUT2D eigenvalue weighted by atomic mass is 10.2. The number of hydrogen-bond donors (Lipinski definition) is 1. The van der Waals surface area contributed by atoms with Crippen molar-refractivity contribution in [3.05, 3.63) is 53.2 Å². The molecule has 1 amide bonds. The Hall–Kier alpha value is -1.52. The molecule has 0 saturated heterocycles. The molecule has 1 heterocycles. The molecule has 104 valence electrons. The molecular weight excluding hydrogens is 292 g/mol. The molecule has 20 heavy (non-hydrogen) atoms. The first-order chi connectivity index (χ1) is 9.70. The smallest absolute Gasteiger partial charge is 0.257 e. The Kier molecular flexibility index (Phi) is 5.44. The van der Waals surface area contributed by atoms with E-state index in [1.807, 2.05) is 24.3 Å². The van der Waals surface area contributed by atoms with Gasteiger partial charge < -0.3 is 5.32 Å². The van der Waals surface area contributed by atoms with Crippen LogP contribution in [-0.2, 0) is 0 Å². The van der Waals surface area contributed by atoms with Gasteiger partial charge in [0.1, 0.15) is 5.82 Å². The molecule has 0 spiro atoms. The minimum absolute atomic E-state index is 0.154.